The van der Waals surface area contributed by atoms with Gasteiger partial charge in [-0.2, -0.15) is 0 Å². The number of carbonyl (C=O) groups excluding carboxylic acids is 1. The van der Waals surface area contributed by atoms with Crippen molar-refractivity contribution in [2.45, 2.75) is 38.9 Å². The highest BCUT2D eigenvalue weighted by Gasteiger charge is 2.18. The van der Waals surface area contributed by atoms with Gasteiger partial charge in [0, 0.05) is 22.4 Å². The fraction of sp³-hybridized carbons (Fsp3) is 0.316. The van der Waals surface area contributed by atoms with Gasteiger partial charge in [-0.1, -0.05) is 53.5 Å². The molecule has 0 aliphatic heterocycles. The number of nitrogens with zero attached hydrogens (tertiary/aromatic N) is 3. The van der Waals surface area contributed by atoms with E-state index in [0.29, 0.717) is 25.9 Å². The Morgan fingerprint density at radius 3 is 2.55 bits per heavy atom. The molecule has 0 bridgehead atoms. The second-order valence-electron chi connectivity index (χ2n) is 6.37. The zero-order chi connectivity index (χ0) is 21.1. The fourth-order valence-corrected chi connectivity index (χ4v) is 4.91. The van der Waals surface area contributed by atoms with E-state index in [1.807, 2.05) is 0 Å². The molecule has 0 aliphatic rings. The molecule has 3 rings (SSSR count). The Kier molecular flexibility index (Phi) is 7.51. The van der Waals surface area contributed by atoms with Crippen LogP contribution in [-0.2, 0) is 11.3 Å². The molecular weight excluding hydrogens is 471 g/mol. The maximum absolute atomic E-state index is 12.4. The SMILES string of the molecule is CCCn1c(SCC(=O)Nc2cc(Cl)c(Cl)cc2Cl)nnc1-c1csc(C)c1C. The van der Waals surface area contributed by atoms with Crippen molar-refractivity contribution in [1.82, 2.24) is 14.8 Å². The van der Waals surface area contributed by atoms with Gasteiger partial charge in [-0.25, -0.2) is 0 Å². The molecule has 0 spiro atoms. The fourth-order valence-electron chi connectivity index (χ4n) is 2.69. The maximum Gasteiger partial charge on any atom is 0.234 e. The quantitative estimate of drug-likeness (QED) is 0.295. The predicted octanol–water partition coefficient (Wildman–Crippen LogP) is 6.72. The number of thioether (sulfide) groups is 1. The molecule has 0 saturated carbocycles. The van der Waals surface area contributed by atoms with Crippen molar-refractivity contribution in [3.8, 4) is 11.4 Å². The number of amides is 1. The van der Waals surface area contributed by atoms with Crippen LogP contribution in [0.1, 0.15) is 23.8 Å². The minimum Gasteiger partial charge on any atom is -0.324 e. The van der Waals surface area contributed by atoms with Crippen LogP contribution >= 0.6 is 57.9 Å². The first-order chi connectivity index (χ1) is 13.8. The Morgan fingerprint density at radius 1 is 1.17 bits per heavy atom. The first-order valence-electron chi connectivity index (χ1n) is 8.87. The summed E-state index contributed by atoms with van der Waals surface area (Å²) >= 11 is 21.1. The Bertz CT molecular complexity index is 1050. The molecule has 1 amide bonds. The number of thiophene rings is 1. The molecule has 1 aromatic carbocycles. The summed E-state index contributed by atoms with van der Waals surface area (Å²) < 4.78 is 2.07. The van der Waals surface area contributed by atoms with Crippen molar-refractivity contribution in [2.75, 3.05) is 11.1 Å². The van der Waals surface area contributed by atoms with E-state index in [9.17, 15) is 4.79 Å². The van der Waals surface area contributed by atoms with Crippen molar-refractivity contribution < 1.29 is 4.79 Å². The molecule has 0 atom stereocenters. The minimum atomic E-state index is -0.217. The third-order valence-corrected chi connectivity index (χ3v) is 7.32. The molecule has 2 heterocycles. The highest BCUT2D eigenvalue weighted by molar-refractivity contribution is 7.99. The molecule has 5 nitrogen and oxygen atoms in total. The molecule has 29 heavy (non-hydrogen) atoms. The standard InChI is InChI=1S/C19H19Cl3N4OS2/c1-4-5-26-18(12-8-28-11(3)10(12)2)24-25-19(26)29-9-17(27)23-16-7-14(21)13(20)6-15(16)22/h6-8H,4-5,9H2,1-3H3,(H,23,27). The van der Waals surface area contributed by atoms with Crippen LogP contribution in [0, 0.1) is 13.8 Å². The lowest BCUT2D eigenvalue weighted by atomic mass is 10.1. The zero-order valence-corrected chi connectivity index (χ0v) is 20.0. The molecule has 0 aliphatic carbocycles. The predicted molar refractivity (Wildman–Crippen MR) is 124 cm³/mol. The molecule has 10 heteroatoms. The Morgan fingerprint density at radius 2 is 1.90 bits per heavy atom. The minimum absolute atomic E-state index is 0.167. The molecule has 0 radical (unpaired) electrons. The first kappa shape index (κ1) is 22.4. The third-order valence-electron chi connectivity index (χ3n) is 4.31. The summed E-state index contributed by atoms with van der Waals surface area (Å²) in [6.45, 7) is 7.06. The van der Waals surface area contributed by atoms with E-state index in [4.69, 9.17) is 34.8 Å². The van der Waals surface area contributed by atoms with Crippen LogP contribution in [-0.4, -0.2) is 26.4 Å². The van der Waals surface area contributed by atoms with E-state index in [1.54, 1.807) is 11.3 Å². The van der Waals surface area contributed by atoms with Gasteiger partial charge in [-0.3, -0.25) is 4.79 Å². The number of hydrogen-bond donors (Lipinski definition) is 1. The maximum atomic E-state index is 12.4. The summed E-state index contributed by atoms with van der Waals surface area (Å²) in [6, 6.07) is 3.04. The highest BCUT2D eigenvalue weighted by atomic mass is 35.5. The topological polar surface area (TPSA) is 59.8 Å². The number of nitrogens with one attached hydrogen (secondary N) is 1. The molecule has 1 N–H and O–H groups in total. The third kappa shape index (κ3) is 5.09. The van der Waals surface area contributed by atoms with E-state index in [-0.39, 0.29) is 11.7 Å². The summed E-state index contributed by atoms with van der Waals surface area (Å²) in [6.07, 6.45) is 0.936. The number of anilines is 1. The molecule has 0 unspecified atom stereocenters. The first-order valence-corrected chi connectivity index (χ1v) is 11.9. The lowest BCUT2D eigenvalue weighted by Gasteiger charge is -2.10. The van der Waals surface area contributed by atoms with Crippen LogP contribution < -0.4 is 5.32 Å². The van der Waals surface area contributed by atoms with Gasteiger partial charge in [0.15, 0.2) is 11.0 Å². The molecule has 0 fully saturated rings. The van der Waals surface area contributed by atoms with E-state index in [1.165, 1.54) is 34.3 Å². The van der Waals surface area contributed by atoms with E-state index < -0.39 is 0 Å². The second kappa shape index (κ2) is 9.71. The monoisotopic (exact) mass is 488 g/mol. The van der Waals surface area contributed by atoms with Crippen LogP contribution in [0.3, 0.4) is 0 Å². The van der Waals surface area contributed by atoms with Crippen LogP contribution in [0.25, 0.3) is 11.4 Å². The van der Waals surface area contributed by atoms with E-state index in [0.717, 1.165) is 24.4 Å². The van der Waals surface area contributed by atoms with Gasteiger partial charge in [0.1, 0.15) is 0 Å². The normalized spacial score (nSPS) is 11.1. The average molecular weight is 490 g/mol. The Labute approximate surface area is 192 Å². The summed E-state index contributed by atoms with van der Waals surface area (Å²) in [4.78, 5) is 13.7. The van der Waals surface area contributed by atoms with E-state index >= 15 is 0 Å². The van der Waals surface area contributed by atoms with Gasteiger partial charge < -0.3 is 9.88 Å². The average Bonchev–Trinajstić information content (AvgIpc) is 3.21. The zero-order valence-electron chi connectivity index (χ0n) is 16.1. The molecule has 0 saturated heterocycles. The van der Waals surface area contributed by atoms with Gasteiger partial charge in [0.05, 0.1) is 26.5 Å². The summed E-state index contributed by atoms with van der Waals surface area (Å²) in [5.74, 6) is 0.787. The number of benzene rings is 1. The smallest absolute Gasteiger partial charge is 0.234 e. The second-order valence-corrected chi connectivity index (χ2v) is 9.62. The van der Waals surface area contributed by atoms with Crippen LogP contribution in [0.15, 0.2) is 22.7 Å². The molecule has 154 valence electrons. The molecule has 2 aromatic heterocycles. The van der Waals surface area contributed by atoms with Crippen molar-refractivity contribution in [3.05, 3.63) is 43.0 Å². The number of aryl methyl sites for hydroxylation is 1. The van der Waals surface area contributed by atoms with Crippen LogP contribution in [0.4, 0.5) is 5.69 Å². The van der Waals surface area contributed by atoms with Gasteiger partial charge in [-0.05, 0) is 38.0 Å². The van der Waals surface area contributed by atoms with Crippen molar-refractivity contribution in [3.63, 3.8) is 0 Å². The lowest BCUT2D eigenvalue weighted by Crippen LogP contribution is -2.15. The number of carbonyl (C=O) groups is 1. The summed E-state index contributed by atoms with van der Waals surface area (Å²) in [5.41, 5.74) is 2.72. The Hall–Kier alpha value is -1.25. The van der Waals surface area contributed by atoms with Gasteiger partial charge in [0.25, 0.3) is 0 Å². The summed E-state index contributed by atoms with van der Waals surface area (Å²) in [5, 5.41) is 15.3. The highest BCUT2D eigenvalue weighted by Crippen LogP contribution is 2.33. The van der Waals surface area contributed by atoms with Crippen LogP contribution in [0.2, 0.25) is 15.1 Å². The van der Waals surface area contributed by atoms with Gasteiger partial charge in [0.2, 0.25) is 5.91 Å². The van der Waals surface area contributed by atoms with E-state index in [2.05, 4.69) is 46.2 Å². The lowest BCUT2D eigenvalue weighted by molar-refractivity contribution is -0.113. The Balaban J connectivity index is 1.74. The number of aromatic nitrogens is 3. The molecule has 3 aromatic rings. The van der Waals surface area contributed by atoms with Gasteiger partial charge in [-0.15, -0.1) is 21.5 Å². The van der Waals surface area contributed by atoms with Crippen LogP contribution in [0.5, 0.6) is 0 Å². The van der Waals surface area contributed by atoms with Crippen molar-refractivity contribution >= 4 is 69.5 Å². The number of halogens is 3. The largest absolute Gasteiger partial charge is 0.324 e. The van der Waals surface area contributed by atoms with Gasteiger partial charge >= 0.3 is 0 Å². The summed E-state index contributed by atoms with van der Waals surface area (Å²) in [7, 11) is 0. The van der Waals surface area contributed by atoms with Crippen molar-refractivity contribution in [1.29, 1.82) is 0 Å². The van der Waals surface area contributed by atoms with Crippen molar-refractivity contribution in [2.24, 2.45) is 0 Å². The molecular formula is C19H19Cl3N4OS2. The number of hydrogen-bond acceptors (Lipinski definition) is 5. The number of rotatable bonds is 7.